The Bertz CT molecular complexity index is 581. The molecule has 0 spiro atoms. The van der Waals surface area contributed by atoms with E-state index >= 15 is 0 Å². The molecule has 0 saturated heterocycles. The lowest BCUT2D eigenvalue weighted by Crippen LogP contribution is -2.43. The van der Waals surface area contributed by atoms with E-state index in [-0.39, 0.29) is 17.3 Å². The number of benzene rings is 1. The third-order valence-corrected chi connectivity index (χ3v) is 6.95. The van der Waals surface area contributed by atoms with E-state index in [2.05, 4.69) is 13.0 Å². The van der Waals surface area contributed by atoms with E-state index in [1.54, 1.807) is 6.07 Å². The van der Waals surface area contributed by atoms with E-state index in [4.69, 9.17) is 0 Å². The Labute approximate surface area is 126 Å². The molecule has 2 saturated carbocycles. The molecule has 5 atom stereocenters. The summed E-state index contributed by atoms with van der Waals surface area (Å²) in [7, 11) is 0. The number of hydrogen-bond acceptors (Lipinski definition) is 1. The van der Waals surface area contributed by atoms with Gasteiger partial charge in [0.2, 0.25) is 0 Å². The second kappa shape index (κ2) is 4.55. The minimum Gasteiger partial charge on any atom is -0.393 e. The van der Waals surface area contributed by atoms with Gasteiger partial charge in [0.15, 0.2) is 0 Å². The standard InChI is InChI=1S/C19H25FO/c1-11-9-15-12(10-17(11)20)3-4-14-13(15)7-8-19(2)16(14)5-6-18(19)21/h9-10,13-14,16,18,21H,3-8H2,1-2H3/t13?,14?,16?,18-,19-/m0/s1. The molecule has 2 fully saturated rings. The van der Waals surface area contributed by atoms with Gasteiger partial charge in [-0.1, -0.05) is 13.0 Å². The smallest absolute Gasteiger partial charge is 0.126 e. The van der Waals surface area contributed by atoms with Crippen molar-refractivity contribution >= 4 is 0 Å². The van der Waals surface area contributed by atoms with Gasteiger partial charge in [0.25, 0.3) is 0 Å². The third kappa shape index (κ3) is 1.84. The average Bonchev–Trinajstić information content (AvgIpc) is 2.76. The van der Waals surface area contributed by atoms with Crippen molar-refractivity contribution in [1.82, 2.24) is 0 Å². The number of rotatable bonds is 0. The van der Waals surface area contributed by atoms with Crippen LogP contribution in [0.25, 0.3) is 0 Å². The summed E-state index contributed by atoms with van der Waals surface area (Å²) in [6.45, 7) is 4.18. The maximum absolute atomic E-state index is 13.8. The molecule has 0 aromatic heterocycles. The van der Waals surface area contributed by atoms with Gasteiger partial charge in [-0.05, 0) is 91.4 Å². The Hall–Kier alpha value is -0.890. The molecule has 1 nitrogen and oxygen atoms in total. The van der Waals surface area contributed by atoms with Gasteiger partial charge in [-0.15, -0.1) is 0 Å². The van der Waals surface area contributed by atoms with Crippen LogP contribution in [0.1, 0.15) is 61.6 Å². The molecule has 3 aliphatic rings. The molecule has 0 bridgehead atoms. The van der Waals surface area contributed by atoms with Crippen LogP contribution in [0.5, 0.6) is 0 Å². The SMILES string of the molecule is Cc1cc2c(cc1F)CCC1C2CC[C@@]2(C)C1CC[C@@H]2O. The van der Waals surface area contributed by atoms with Crippen molar-refractivity contribution in [1.29, 1.82) is 0 Å². The third-order valence-electron chi connectivity index (χ3n) is 6.95. The van der Waals surface area contributed by atoms with Crippen LogP contribution in [-0.2, 0) is 6.42 Å². The predicted octanol–water partition coefficient (Wildman–Crippen LogP) is 4.35. The van der Waals surface area contributed by atoms with Gasteiger partial charge >= 0.3 is 0 Å². The Balaban J connectivity index is 1.73. The number of aryl methyl sites for hydroxylation is 2. The van der Waals surface area contributed by atoms with Gasteiger partial charge < -0.3 is 5.11 Å². The highest BCUT2D eigenvalue weighted by atomic mass is 19.1. The Morgan fingerprint density at radius 2 is 2.00 bits per heavy atom. The van der Waals surface area contributed by atoms with E-state index in [0.717, 1.165) is 31.2 Å². The minimum atomic E-state index is -0.111. The van der Waals surface area contributed by atoms with E-state index < -0.39 is 0 Å². The highest BCUT2D eigenvalue weighted by Crippen LogP contribution is 2.60. The Kier molecular flexibility index (Phi) is 2.98. The van der Waals surface area contributed by atoms with Gasteiger partial charge in [0, 0.05) is 0 Å². The molecule has 1 aromatic rings. The van der Waals surface area contributed by atoms with Crippen molar-refractivity contribution in [3.8, 4) is 0 Å². The molecular weight excluding hydrogens is 263 g/mol. The molecule has 0 aliphatic heterocycles. The summed E-state index contributed by atoms with van der Waals surface area (Å²) in [5, 5.41) is 10.4. The molecule has 1 N–H and O–H groups in total. The second-order valence-electron chi connectivity index (χ2n) is 7.85. The summed E-state index contributed by atoms with van der Waals surface area (Å²) >= 11 is 0. The molecule has 114 valence electrons. The monoisotopic (exact) mass is 288 g/mol. The Morgan fingerprint density at radius 1 is 1.19 bits per heavy atom. The fraction of sp³-hybridized carbons (Fsp3) is 0.684. The summed E-state index contributed by atoms with van der Waals surface area (Å²) in [5.41, 5.74) is 3.57. The molecule has 0 radical (unpaired) electrons. The summed E-state index contributed by atoms with van der Waals surface area (Å²) in [5.74, 6) is 1.89. The quantitative estimate of drug-likeness (QED) is 0.752. The predicted molar refractivity (Wildman–Crippen MR) is 81.8 cm³/mol. The fourth-order valence-corrected chi connectivity index (χ4v) is 5.68. The second-order valence-corrected chi connectivity index (χ2v) is 7.85. The first-order valence-corrected chi connectivity index (χ1v) is 8.47. The molecular formula is C19H25FO. The van der Waals surface area contributed by atoms with Crippen LogP contribution >= 0.6 is 0 Å². The van der Waals surface area contributed by atoms with E-state index in [1.165, 1.54) is 24.0 Å². The first-order valence-electron chi connectivity index (χ1n) is 8.47. The normalized spacial score (nSPS) is 41.3. The van der Waals surface area contributed by atoms with Crippen LogP contribution in [0.15, 0.2) is 12.1 Å². The number of aliphatic hydroxyl groups excluding tert-OH is 1. The van der Waals surface area contributed by atoms with E-state index in [9.17, 15) is 9.50 Å². The lowest BCUT2D eigenvalue weighted by molar-refractivity contribution is -0.0226. The van der Waals surface area contributed by atoms with Crippen LogP contribution in [0.3, 0.4) is 0 Å². The number of aliphatic hydroxyl groups is 1. The topological polar surface area (TPSA) is 20.2 Å². The summed E-state index contributed by atoms with van der Waals surface area (Å²) < 4.78 is 13.8. The van der Waals surface area contributed by atoms with Gasteiger partial charge in [-0.3, -0.25) is 0 Å². The summed E-state index contributed by atoms with van der Waals surface area (Å²) in [6.07, 6.45) is 6.50. The maximum Gasteiger partial charge on any atom is 0.126 e. The van der Waals surface area contributed by atoms with Crippen molar-refractivity contribution in [2.75, 3.05) is 0 Å². The lowest BCUT2D eigenvalue weighted by atomic mass is 9.55. The zero-order valence-electron chi connectivity index (χ0n) is 13.0. The van der Waals surface area contributed by atoms with Crippen molar-refractivity contribution in [3.63, 3.8) is 0 Å². The summed E-state index contributed by atoms with van der Waals surface area (Å²) in [6, 6.07) is 3.88. The van der Waals surface area contributed by atoms with Crippen LogP contribution in [0, 0.1) is 30.0 Å². The lowest BCUT2D eigenvalue weighted by Gasteiger charge is -2.50. The number of fused-ring (bicyclic) bond motifs is 5. The van der Waals surface area contributed by atoms with Gasteiger partial charge in [0.1, 0.15) is 5.82 Å². The van der Waals surface area contributed by atoms with Gasteiger partial charge in [-0.2, -0.15) is 0 Å². The molecule has 0 amide bonds. The van der Waals surface area contributed by atoms with E-state index in [1.807, 2.05) is 6.92 Å². The number of hydrogen-bond donors (Lipinski definition) is 1. The van der Waals surface area contributed by atoms with Crippen LogP contribution < -0.4 is 0 Å². The molecule has 21 heavy (non-hydrogen) atoms. The molecule has 3 unspecified atom stereocenters. The average molecular weight is 288 g/mol. The first-order chi connectivity index (χ1) is 10.0. The highest BCUT2D eigenvalue weighted by molar-refractivity contribution is 5.38. The van der Waals surface area contributed by atoms with Crippen LogP contribution in [0.2, 0.25) is 0 Å². The number of halogens is 1. The molecule has 2 heteroatoms. The minimum absolute atomic E-state index is 0.0517. The maximum atomic E-state index is 13.8. The largest absolute Gasteiger partial charge is 0.393 e. The first kappa shape index (κ1) is 13.8. The highest BCUT2D eigenvalue weighted by Gasteiger charge is 2.54. The van der Waals surface area contributed by atoms with Crippen molar-refractivity contribution in [3.05, 3.63) is 34.6 Å². The zero-order valence-corrected chi connectivity index (χ0v) is 13.0. The van der Waals surface area contributed by atoms with E-state index in [0.29, 0.717) is 17.8 Å². The van der Waals surface area contributed by atoms with Crippen molar-refractivity contribution in [2.24, 2.45) is 17.3 Å². The van der Waals surface area contributed by atoms with Crippen LogP contribution in [-0.4, -0.2) is 11.2 Å². The molecule has 3 aliphatic carbocycles. The molecule has 0 heterocycles. The van der Waals surface area contributed by atoms with Crippen LogP contribution in [0.4, 0.5) is 4.39 Å². The Morgan fingerprint density at radius 3 is 2.81 bits per heavy atom. The fourth-order valence-electron chi connectivity index (χ4n) is 5.68. The van der Waals surface area contributed by atoms with Crippen molar-refractivity contribution in [2.45, 2.75) is 64.4 Å². The summed E-state index contributed by atoms with van der Waals surface area (Å²) in [4.78, 5) is 0. The van der Waals surface area contributed by atoms with Gasteiger partial charge in [0.05, 0.1) is 6.10 Å². The van der Waals surface area contributed by atoms with Crippen molar-refractivity contribution < 1.29 is 9.50 Å². The molecule has 1 aromatic carbocycles. The van der Waals surface area contributed by atoms with Gasteiger partial charge in [-0.25, -0.2) is 4.39 Å². The molecule has 4 rings (SSSR count). The zero-order chi connectivity index (χ0) is 14.8.